The molecule has 1 amide bonds. The third-order valence-electron chi connectivity index (χ3n) is 3.22. The topological polar surface area (TPSA) is 75.6 Å². The highest BCUT2D eigenvalue weighted by atomic mass is 32.1. The van der Waals surface area contributed by atoms with Crippen molar-refractivity contribution >= 4 is 23.2 Å². The van der Waals surface area contributed by atoms with Crippen LogP contribution >= 0.6 is 11.3 Å². The van der Waals surface area contributed by atoms with E-state index in [9.17, 15) is 9.59 Å². The molecule has 0 bridgehead atoms. The number of carboxylic acids is 1. The molecule has 2 rings (SSSR count). The van der Waals surface area contributed by atoms with Gasteiger partial charge in [0.15, 0.2) is 0 Å². The van der Waals surface area contributed by atoms with Crippen molar-refractivity contribution in [2.24, 2.45) is 0 Å². The first-order valence-corrected chi connectivity index (χ1v) is 6.58. The Morgan fingerprint density at radius 1 is 1.56 bits per heavy atom. The van der Waals surface area contributed by atoms with Crippen LogP contribution in [0.15, 0.2) is 11.4 Å². The third-order valence-corrected chi connectivity index (χ3v) is 4.18. The number of amides is 1. The molecular formula is C12H15NO4S. The van der Waals surface area contributed by atoms with Crippen molar-refractivity contribution in [2.75, 3.05) is 7.11 Å². The normalized spacial score (nSPS) is 16.9. The van der Waals surface area contributed by atoms with E-state index < -0.39 is 11.5 Å². The number of hydrogen-bond donors (Lipinski definition) is 2. The van der Waals surface area contributed by atoms with Crippen LogP contribution in [-0.2, 0) is 16.1 Å². The Morgan fingerprint density at radius 3 is 2.78 bits per heavy atom. The number of carbonyl (C=O) groups is 2. The Balaban J connectivity index is 2.12. The molecule has 5 nitrogen and oxygen atoms in total. The minimum Gasteiger partial charge on any atom is -0.480 e. The standard InChI is InChI=1S/C12H15NO4S/c1-17-7-8-3-6-18-9(8)10(14)13-12(11(15)16)4-2-5-12/h3,6H,2,4-5,7H2,1H3,(H,13,14)(H,15,16). The number of carbonyl (C=O) groups excluding carboxylic acids is 1. The number of aliphatic carboxylic acids is 1. The summed E-state index contributed by atoms with van der Waals surface area (Å²) in [6.07, 6.45) is 1.83. The molecule has 1 fully saturated rings. The summed E-state index contributed by atoms with van der Waals surface area (Å²) in [4.78, 5) is 23.8. The van der Waals surface area contributed by atoms with E-state index in [0.29, 0.717) is 24.3 Å². The predicted molar refractivity (Wildman–Crippen MR) is 66.7 cm³/mol. The van der Waals surface area contributed by atoms with E-state index >= 15 is 0 Å². The number of nitrogens with one attached hydrogen (secondary N) is 1. The van der Waals surface area contributed by atoms with Gasteiger partial charge in [0.2, 0.25) is 0 Å². The van der Waals surface area contributed by atoms with Crippen LogP contribution in [0.2, 0.25) is 0 Å². The van der Waals surface area contributed by atoms with E-state index in [0.717, 1.165) is 12.0 Å². The van der Waals surface area contributed by atoms with Gasteiger partial charge in [-0.2, -0.15) is 0 Å². The van der Waals surface area contributed by atoms with Gasteiger partial charge in [0.25, 0.3) is 5.91 Å². The molecule has 0 atom stereocenters. The SMILES string of the molecule is COCc1ccsc1C(=O)NC1(C(=O)O)CCC1. The second-order valence-corrected chi connectivity index (χ2v) is 5.32. The molecule has 1 saturated carbocycles. The monoisotopic (exact) mass is 269 g/mol. The van der Waals surface area contributed by atoms with E-state index in [-0.39, 0.29) is 5.91 Å². The zero-order valence-electron chi connectivity index (χ0n) is 10.1. The Morgan fingerprint density at radius 2 is 2.28 bits per heavy atom. The summed E-state index contributed by atoms with van der Waals surface area (Å²) in [5.41, 5.74) is -0.273. The van der Waals surface area contributed by atoms with E-state index in [1.807, 2.05) is 6.07 Å². The van der Waals surface area contributed by atoms with Crippen LogP contribution in [-0.4, -0.2) is 29.6 Å². The first kappa shape index (κ1) is 13.0. The van der Waals surface area contributed by atoms with Gasteiger partial charge in [-0.3, -0.25) is 4.79 Å². The highest BCUT2D eigenvalue weighted by molar-refractivity contribution is 7.12. The molecule has 1 aliphatic rings. The summed E-state index contributed by atoms with van der Waals surface area (Å²) in [6, 6.07) is 1.82. The van der Waals surface area contributed by atoms with Crippen LogP contribution < -0.4 is 5.32 Å². The Hall–Kier alpha value is -1.40. The molecule has 1 aromatic rings. The lowest BCUT2D eigenvalue weighted by Gasteiger charge is -2.38. The predicted octanol–water partition coefficient (Wildman–Crippen LogP) is 1.63. The van der Waals surface area contributed by atoms with Gasteiger partial charge >= 0.3 is 5.97 Å². The minimum absolute atomic E-state index is 0.320. The molecule has 0 radical (unpaired) electrons. The molecular weight excluding hydrogens is 254 g/mol. The molecule has 18 heavy (non-hydrogen) atoms. The molecule has 6 heteroatoms. The maximum Gasteiger partial charge on any atom is 0.329 e. The van der Waals surface area contributed by atoms with Crippen LogP contribution in [0, 0.1) is 0 Å². The highest BCUT2D eigenvalue weighted by Gasteiger charge is 2.46. The Bertz CT molecular complexity index is 464. The zero-order chi connectivity index (χ0) is 13.2. The van der Waals surface area contributed by atoms with Gasteiger partial charge in [0, 0.05) is 12.7 Å². The lowest BCUT2D eigenvalue weighted by Crippen LogP contribution is -2.59. The molecule has 1 aliphatic carbocycles. The summed E-state index contributed by atoms with van der Waals surface area (Å²) < 4.78 is 5.01. The van der Waals surface area contributed by atoms with Gasteiger partial charge in [-0.15, -0.1) is 11.3 Å². The van der Waals surface area contributed by atoms with Crippen LogP contribution in [0.4, 0.5) is 0 Å². The molecule has 0 aliphatic heterocycles. The van der Waals surface area contributed by atoms with E-state index in [2.05, 4.69) is 5.32 Å². The highest BCUT2D eigenvalue weighted by Crippen LogP contribution is 2.33. The Kier molecular flexibility index (Phi) is 3.68. The maximum atomic E-state index is 12.1. The van der Waals surface area contributed by atoms with E-state index in [1.165, 1.54) is 11.3 Å². The van der Waals surface area contributed by atoms with E-state index in [1.54, 1.807) is 12.5 Å². The first-order chi connectivity index (χ1) is 8.59. The number of rotatable bonds is 5. The minimum atomic E-state index is -1.06. The fourth-order valence-electron chi connectivity index (χ4n) is 2.00. The summed E-state index contributed by atoms with van der Waals surface area (Å²) in [5, 5.41) is 13.6. The van der Waals surface area contributed by atoms with Crippen molar-refractivity contribution in [3.8, 4) is 0 Å². The van der Waals surface area contributed by atoms with Crippen molar-refractivity contribution in [3.63, 3.8) is 0 Å². The molecule has 1 aromatic heterocycles. The average molecular weight is 269 g/mol. The molecule has 2 N–H and O–H groups in total. The molecule has 0 spiro atoms. The van der Waals surface area contributed by atoms with Gasteiger partial charge in [0.05, 0.1) is 11.5 Å². The van der Waals surface area contributed by atoms with Gasteiger partial charge in [-0.25, -0.2) is 4.79 Å². The lowest BCUT2D eigenvalue weighted by atomic mass is 9.76. The molecule has 0 saturated heterocycles. The van der Waals surface area contributed by atoms with Gasteiger partial charge < -0.3 is 15.2 Å². The largest absolute Gasteiger partial charge is 0.480 e. The second kappa shape index (κ2) is 5.07. The van der Waals surface area contributed by atoms with Crippen LogP contribution in [0.1, 0.15) is 34.5 Å². The third kappa shape index (κ3) is 2.26. The quantitative estimate of drug-likeness (QED) is 0.852. The van der Waals surface area contributed by atoms with E-state index in [4.69, 9.17) is 9.84 Å². The van der Waals surface area contributed by atoms with Gasteiger partial charge in [-0.1, -0.05) is 0 Å². The van der Waals surface area contributed by atoms with Crippen LogP contribution in [0.25, 0.3) is 0 Å². The molecule has 98 valence electrons. The van der Waals surface area contributed by atoms with Crippen molar-refractivity contribution in [2.45, 2.75) is 31.4 Å². The van der Waals surface area contributed by atoms with Gasteiger partial charge in [0.1, 0.15) is 5.54 Å². The van der Waals surface area contributed by atoms with Crippen molar-refractivity contribution in [1.82, 2.24) is 5.32 Å². The fraction of sp³-hybridized carbons (Fsp3) is 0.500. The summed E-state index contributed by atoms with van der Waals surface area (Å²) in [6.45, 7) is 0.353. The fourth-order valence-corrected chi connectivity index (χ4v) is 2.81. The second-order valence-electron chi connectivity index (χ2n) is 4.40. The number of thiophene rings is 1. The first-order valence-electron chi connectivity index (χ1n) is 5.70. The van der Waals surface area contributed by atoms with Gasteiger partial charge in [-0.05, 0) is 30.7 Å². The van der Waals surface area contributed by atoms with Crippen LogP contribution in [0.3, 0.4) is 0 Å². The maximum absolute atomic E-state index is 12.1. The van der Waals surface area contributed by atoms with Crippen molar-refractivity contribution in [3.05, 3.63) is 21.9 Å². The average Bonchev–Trinajstić information content (AvgIpc) is 2.71. The number of carboxylic acid groups (broad SMARTS) is 1. The number of methoxy groups -OCH3 is 1. The molecule has 0 unspecified atom stereocenters. The molecule has 1 heterocycles. The molecule has 0 aromatic carbocycles. The van der Waals surface area contributed by atoms with Crippen molar-refractivity contribution < 1.29 is 19.4 Å². The summed E-state index contributed by atoms with van der Waals surface area (Å²) in [5.74, 6) is -1.27. The number of hydrogen-bond acceptors (Lipinski definition) is 4. The van der Waals surface area contributed by atoms with Crippen molar-refractivity contribution in [1.29, 1.82) is 0 Å². The summed E-state index contributed by atoms with van der Waals surface area (Å²) >= 11 is 1.30. The lowest BCUT2D eigenvalue weighted by molar-refractivity contribution is -0.148. The number of ether oxygens (including phenoxy) is 1. The smallest absolute Gasteiger partial charge is 0.329 e. The summed E-state index contributed by atoms with van der Waals surface area (Å²) in [7, 11) is 1.56. The zero-order valence-corrected chi connectivity index (χ0v) is 10.9. The Labute approximate surface area is 109 Å². The van der Waals surface area contributed by atoms with Crippen LogP contribution in [0.5, 0.6) is 0 Å².